The van der Waals surface area contributed by atoms with Crippen LogP contribution < -0.4 is 10.1 Å². The second-order valence-electron chi connectivity index (χ2n) is 8.42. The number of amides is 1. The lowest BCUT2D eigenvalue weighted by atomic mass is 10.1. The highest BCUT2D eigenvalue weighted by Crippen LogP contribution is 2.30. The van der Waals surface area contributed by atoms with Crippen LogP contribution in [0, 0.1) is 5.82 Å². The van der Waals surface area contributed by atoms with Crippen molar-refractivity contribution in [2.45, 2.75) is 57.2 Å². The van der Waals surface area contributed by atoms with Gasteiger partial charge in [-0.2, -0.15) is 8.78 Å². The first-order valence-corrected chi connectivity index (χ1v) is 10.7. The van der Waals surface area contributed by atoms with Crippen molar-refractivity contribution in [3.63, 3.8) is 0 Å². The Balaban J connectivity index is 1.56. The topological polar surface area (TPSA) is 120 Å². The Labute approximate surface area is 193 Å². The second kappa shape index (κ2) is 9.18. The van der Waals surface area contributed by atoms with Crippen molar-refractivity contribution in [3.05, 3.63) is 47.2 Å². The van der Waals surface area contributed by atoms with Crippen LogP contribution in [-0.2, 0) is 17.9 Å². The molecule has 1 aromatic carbocycles. The minimum absolute atomic E-state index is 0.0494. The van der Waals surface area contributed by atoms with E-state index >= 15 is 0 Å². The lowest BCUT2D eigenvalue weighted by Crippen LogP contribution is -2.36. The monoisotopic (exact) mass is 479 g/mol. The lowest BCUT2D eigenvalue weighted by Gasteiger charge is -2.23. The molecule has 0 spiro atoms. The molecule has 12 heteroatoms. The van der Waals surface area contributed by atoms with Crippen molar-refractivity contribution in [3.8, 4) is 5.75 Å². The molecule has 2 aliphatic rings. The molecule has 182 valence electrons. The number of alkyl halides is 2. The van der Waals surface area contributed by atoms with Crippen molar-refractivity contribution in [2.24, 2.45) is 4.99 Å². The van der Waals surface area contributed by atoms with Crippen LogP contribution in [0.15, 0.2) is 29.5 Å². The van der Waals surface area contributed by atoms with Gasteiger partial charge >= 0.3 is 6.11 Å². The van der Waals surface area contributed by atoms with E-state index in [0.717, 1.165) is 18.2 Å². The van der Waals surface area contributed by atoms with Gasteiger partial charge in [-0.15, -0.1) is 0 Å². The quantitative estimate of drug-likeness (QED) is 0.555. The molecule has 1 aromatic heterocycles. The van der Waals surface area contributed by atoms with Crippen molar-refractivity contribution in [2.75, 3.05) is 12.4 Å². The summed E-state index contributed by atoms with van der Waals surface area (Å²) in [6.07, 6.45) is -3.09. The van der Waals surface area contributed by atoms with Crippen molar-refractivity contribution >= 4 is 17.4 Å². The van der Waals surface area contributed by atoms with Crippen LogP contribution in [0.2, 0.25) is 0 Å². The maximum atomic E-state index is 13.8. The third kappa shape index (κ3) is 4.97. The summed E-state index contributed by atoms with van der Waals surface area (Å²) < 4.78 is 45.2. The number of fused-ring (bicyclic) bond motifs is 1. The van der Waals surface area contributed by atoms with Crippen LogP contribution >= 0.6 is 0 Å². The number of hydrogen-bond acceptors (Lipinski definition) is 8. The summed E-state index contributed by atoms with van der Waals surface area (Å²) in [5, 5.41) is 23.1. The van der Waals surface area contributed by atoms with Crippen molar-refractivity contribution in [1.29, 1.82) is 0 Å². The Kier molecular flexibility index (Phi) is 6.45. The molecule has 1 saturated carbocycles. The summed E-state index contributed by atoms with van der Waals surface area (Å²) in [6, 6.07) is 2.64. The first-order valence-electron chi connectivity index (χ1n) is 10.7. The maximum absolute atomic E-state index is 13.8. The molecule has 0 radical (unpaired) electrons. The minimum atomic E-state index is -3.49. The van der Waals surface area contributed by atoms with Crippen LogP contribution in [0.1, 0.15) is 36.6 Å². The number of likely N-dealkylation sites (N-methyl/N-ethyl adjacent to an activating group) is 1. The predicted molar refractivity (Wildman–Crippen MR) is 115 cm³/mol. The van der Waals surface area contributed by atoms with Gasteiger partial charge in [0.2, 0.25) is 0 Å². The predicted octanol–water partition coefficient (Wildman–Crippen LogP) is 1.86. The Morgan fingerprint density at radius 1 is 1.29 bits per heavy atom. The van der Waals surface area contributed by atoms with Gasteiger partial charge in [-0.1, -0.05) is 0 Å². The normalized spacial score (nSPS) is 21.7. The highest BCUT2D eigenvalue weighted by Gasteiger charge is 2.36. The third-order valence-corrected chi connectivity index (χ3v) is 5.72. The van der Waals surface area contributed by atoms with E-state index in [1.807, 2.05) is 0 Å². The van der Waals surface area contributed by atoms with E-state index in [-0.39, 0.29) is 30.1 Å². The summed E-state index contributed by atoms with van der Waals surface area (Å²) in [4.78, 5) is 27.1. The third-order valence-electron chi connectivity index (χ3n) is 5.72. The highest BCUT2D eigenvalue weighted by molar-refractivity contribution is 6.47. The number of aromatic nitrogens is 2. The van der Waals surface area contributed by atoms with Crippen LogP contribution in [0.4, 0.5) is 19.0 Å². The number of nitrogens with one attached hydrogen (secondary N) is 1. The second-order valence-corrected chi connectivity index (χ2v) is 8.42. The van der Waals surface area contributed by atoms with Gasteiger partial charge in [0, 0.05) is 26.1 Å². The van der Waals surface area contributed by atoms with Crippen LogP contribution in [0.3, 0.4) is 0 Å². The molecular formula is C22H24F3N5O4. The Bertz CT molecular complexity index is 1120. The summed E-state index contributed by atoms with van der Waals surface area (Å²) in [5.41, 5.74) is 0.974. The van der Waals surface area contributed by atoms with E-state index in [9.17, 15) is 28.2 Å². The fourth-order valence-corrected chi connectivity index (χ4v) is 4.07. The lowest BCUT2D eigenvalue weighted by molar-refractivity contribution is -0.159. The number of aliphatic hydroxyl groups is 2. The molecule has 34 heavy (non-hydrogen) atoms. The number of aliphatic hydroxyl groups excluding tert-OH is 2. The number of carbonyl (C=O) groups is 1. The van der Waals surface area contributed by atoms with E-state index in [4.69, 9.17) is 0 Å². The zero-order valence-corrected chi connectivity index (χ0v) is 18.5. The van der Waals surface area contributed by atoms with Crippen LogP contribution in [-0.4, -0.2) is 68.1 Å². The van der Waals surface area contributed by atoms with Crippen molar-refractivity contribution in [1.82, 2.24) is 14.9 Å². The Morgan fingerprint density at radius 3 is 2.74 bits per heavy atom. The van der Waals surface area contributed by atoms with Gasteiger partial charge in [-0.3, -0.25) is 9.79 Å². The SMILES string of the molecule is CN(Cc1cc(F)ccc1OC(C)(F)F)C(=O)C1=NCc2ncnc(N[C@@H]3CC[C@@H](O)[C@H]3O)c21. The number of halogens is 3. The Morgan fingerprint density at radius 2 is 2.06 bits per heavy atom. The van der Waals surface area contributed by atoms with Gasteiger partial charge in [0.15, 0.2) is 0 Å². The smallest absolute Gasteiger partial charge is 0.394 e. The first-order chi connectivity index (χ1) is 16.0. The molecule has 0 unspecified atom stereocenters. The molecule has 1 aliphatic heterocycles. The molecule has 3 N–H and O–H groups in total. The molecule has 4 rings (SSSR count). The highest BCUT2D eigenvalue weighted by atomic mass is 19.3. The van der Waals surface area contributed by atoms with E-state index < -0.39 is 36.1 Å². The molecule has 1 fully saturated rings. The number of hydrogen-bond donors (Lipinski definition) is 3. The van der Waals surface area contributed by atoms with Gasteiger partial charge in [-0.05, 0) is 31.0 Å². The zero-order chi connectivity index (χ0) is 24.6. The largest absolute Gasteiger partial charge is 0.432 e. The summed E-state index contributed by atoms with van der Waals surface area (Å²) in [7, 11) is 1.43. The zero-order valence-electron chi connectivity index (χ0n) is 18.5. The van der Waals surface area contributed by atoms with Crippen LogP contribution in [0.25, 0.3) is 0 Å². The summed E-state index contributed by atoms with van der Waals surface area (Å²) in [5.74, 6) is -1.17. The molecule has 3 atom stereocenters. The molecule has 2 heterocycles. The summed E-state index contributed by atoms with van der Waals surface area (Å²) in [6.45, 7) is 0.474. The molecule has 0 saturated heterocycles. The van der Waals surface area contributed by atoms with Gasteiger partial charge in [-0.25, -0.2) is 14.4 Å². The standard InChI is InChI=1S/C22H24F3N5O4/c1-22(24,25)34-16-6-3-12(23)7-11(16)9-30(2)21(33)18-17-14(8-26-18)27-10-28-20(17)29-13-4-5-15(31)19(13)32/h3,6-7,10,13,15,19,31-32H,4-5,8-9H2,1-2H3,(H,27,28,29)/t13-,15-,19+/m1/s1. The molecule has 2 aromatic rings. The number of ether oxygens (including phenoxy) is 1. The van der Waals surface area contributed by atoms with E-state index in [2.05, 4.69) is 25.0 Å². The molecule has 0 bridgehead atoms. The van der Waals surface area contributed by atoms with E-state index in [0.29, 0.717) is 36.8 Å². The number of benzene rings is 1. The average molecular weight is 479 g/mol. The fourth-order valence-electron chi connectivity index (χ4n) is 4.07. The van der Waals surface area contributed by atoms with Gasteiger partial charge in [0.05, 0.1) is 36.1 Å². The first kappa shape index (κ1) is 23.9. The number of aliphatic imine (C=N–C) groups is 1. The Hall–Kier alpha value is -3.25. The number of anilines is 1. The van der Waals surface area contributed by atoms with Gasteiger partial charge < -0.3 is 25.2 Å². The maximum Gasteiger partial charge on any atom is 0.394 e. The number of rotatable bonds is 7. The van der Waals surface area contributed by atoms with Gasteiger partial charge in [0.25, 0.3) is 5.91 Å². The summed E-state index contributed by atoms with van der Waals surface area (Å²) >= 11 is 0. The van der Waals surface area contributed by atoms with Crippen LogP contribution in [0.5, 0.6) is 5.75 Å². The number of nitrogens with zero attached hydrogens (tertiary/aromatic N) is 4. The average Bonchev–Trinajstić information content (AvgIpc) is 3.34. The van der Waals surface area contributed by atoms with Gasteiger partial charge in [0.1, 0.15) is 29.4 Å². The minimum Gasteiger partial charge on any atom is -0.432 e. The number of carbonyl (C=O) groups excluding carboxylic acids is 1. The fraction of sp³-hybridized carbons (Fsp3) is 0.455. The molecule has 9 nitrogen and oxygen atoms in total. The van der Waals surface area contributed by atoms with Crippen molar-refractivity contribution < 1.29 is 32.9 Å². The molecule has 1 aliphatic carbocycles. The van der Waals surface area contributed by atoms with E-state index in [1.54, 1.807) is 0 Å². The molecule has 1 amide bonds. The molecular weight excluding hydrogens is 455 g/mol. The van der Waals surface area contributed by atoms with E-state index in [1.165, 1.54) is 18.3 Å².